The van der Waals surface area contributed by atoms with Crippen LogP contribution in [0.1, 0.15) is 36.0 Å². The van der Waals surface area contributed by atoms with Crippen molar-refractivity contribution in [2.24, 2.45) is 0 Å². The maximum absolute atomic E-state index is 14.2. The SMILES string of the molecule is COC1=CC(=CC2=C(C)C(CC(=O)NCc3ccccc3)c3cc(F)ccc32)C=C(OC)C1=O. The van der Waals surface area contributed by atoms with E-state index in [0.29, 0.717) is 12.1 Å². The topological polar surface area (TPSA) is 64.6 Å². The normalized spacial score (nSPS) is 17.1. The lowest BCUT2D eigenvalue weighted by molar-refractivity contribution is -0.121. The molecule has 2 aromatic rings. The summed E-state index contributed by atoms with van der Waals surface area (Å²) >= 11 is 0. The number of methoxy groups -OCH3 is 2. The van der Waals surface area contributed by atoms with Crippen LogP contribution in [0, 0.1) is 5.82 Å². The first-order chi connectivity index (χ1) is 16.4. The molecule has 0 heterocycles. The number of ketones is 1. The van der Waals surface area contributed by atoms with Crippen molar-refractivity contribution in [3.63, 3.8) is 0 Å². The van der Waals surface area contributed by atoms with E-state index in [1.807, 2.05) is 43.3 Å². The summed E-state index contributed by atoms with van der Waals surface area (Å²) in [6.45, 7) is 2.39. The second-order valence-electron chi connectivity index (χ2n) is 8.25. The molecule has 2 aliphatic carbocycles. The van der Waals surface area contributed by atoms with Gasteiger partial charge in [0.05, 0.1) is 14.2 Å². The van der Waals surface area contributed by atoms with Crippen LogP contribution in [0.15, 0.2) is 89.4 Å². The van der Waals surface area contributed by atoms with Crippen molar-refractivity contribution < 1.29 is 23.5 Å². The number of allylic oxidation sites excluding steroid dienone is 6. The van der Waals surface area contributed by atoms with Crippen LogP contribution in [0.5, 0.6) is 0 Å². The number of halogens is 1. The number of ether oxygens (including phenoxy) is 2. The second kappa shape index (κ2) is 9.91. The first kappa shape index (κ1) is 23.2. The van der Waals surface area contributed by atoms with Crippen LogP contribution in [0.2, 0.25) is 0 Å². The Bertz CT molecular complexity index is 1230. The molecular weight excluding hydrogens is 433 g/mol. The van der Waals surface area contributed by atoms with Gasteiger partial charge >= 0.3 is 0 Å². The van der Waals surface area contributed by atoms with Crippen LogP contribution < -0.4 is 5.32 Å². The van der Waals surface area contributed by atoms with Crippen LogP contribution in [-0.2, 0) is 25.6 Å². The van der Waals surface area contributed by atoms with Gasteiger partial charge in [0.25, 0.3) is 5.78 Å². The monoisotopic (exact) mass is 459 g/mol. The smallest absolute Gasteiger partial charge is 0.261 e. The van der Waals surface area contributed by atoms with Gasteiger partial charge in [-0.05, 0) is 65.1 Å². The van der Waals surface area contributed by atoms with E-state index in [9.17, 15) is 14.0 Å². The van der Waals surface area contributed by atoms with Gasteiger partial charge < -0.3 is 14.8 Å². The number of rotatable bonds is 7. The minimum absolute atomic E-state index is 0.108. The van der Waals surface area contributed by atoms with E-state index in [-0.39, 0.29) is 41.4 Å². The highest BCUT2D eigenvalue weighted by atomic mass is 19.1. The van der Waals surface area contributed by atoms with Crippen molar-refractivity contribution in [2.45, 2.75) is 25.8 Å². The standard InChI is InChI=1S/C28H26FNO4/c1-17-22(11-19-12-25(33-2)28(32)26(13-19)34-3)21-10-9-20(29)14-24(21)23(17)15-27(31)30-16-18-7-5-4-6-8-18/h4-14,23H,15-16H2,1-3H3,(H,30,31). The van der Waals surface area contributed by atoms with Crippen LogP contribution >= 0.6 is 0 Å². The first-order valence-corrected chi connectivity index (χ1v) is 11.0. The molecule has 174 valence electrons. The van der Waals surface area contributed by atoms with Crippen molar-refractivity contribution >= 4 is 17.3 Å². The molecule has 0 spiro atoms. The van der Waals surface area contributed by atoms with Crippen LogP contribution in [0.25, 0.3) is 5.57 Å². The van der Waals surface area contributed by atoms with E-state index in [2.05, 4.69) is 5.32 Å². The Hall–Kier alpha value is -3.93. The number of fused-ring (bicyclic) bond motifs is 1. The number of Topliss-reactive ketones (excluding diaryl/α,β-unsaturated/α-hetero) is 1. The molecule has 0 fully saturated rings. The summed E-state index contributed by atoms with van der Waals surface area (Å²) in [4.78, 5) is 25.1. The lowest BCUT2D eigenvalue weighted by Gasteiger charge is -2.15. The molecule has 4 rings (SSSR count). The quantitative estimate of drug-likeness (QED) is 0.635. The molecule has 0 aromatic heterocycles. The fourth-order valence-corrected chi connectivity index (χ4v) is 4.36. The average Bonchev–Trinajstić information content (AvgIpc) is 3.09. The Morgan fingerprint density at radius 3 is 2.38 bits per heavy atom. The summed E-state index contributed by atoms with van der Waals surface area (Å²) < 4.78 is 24.6. The number of carbonyl (C=O) groups excluding carboxylic acids is 2. The Kier molecular flexibility index (Phi) is 6.77. The van der Waals surface area contributed by atoms with Gasteiger partial charge in [-0.25, -0.2) is 4.39 Å². The maximum Gasteiger partial charge on any atom is 0.261 e. The predicted molar refractivity (Wildman–Crippen MR) is 128 cm³/mol. The second-order valence-corrected chi connectivity index (χ2v) is 8.25. The molecule has 0 saturated heterocycles. The highest BCUT2D eigenvalue weighted by molar-refractivity contribution is 6.07. The molecule has 6 heteroatoms. The van der Waals surface area contributed by atoms with Crippen molar-refractivity contribution in [3.05, 3.63) is 112 Å². The highest BCUT2D eigenvalue weighted by Gasteiger charge is 2.30. The van der Waals surface area contributed by atoms with Crippen molar-refractivity contribution in [3.8, 4) is 0 Å². The number of benzene rings is 2. The van der Waals surface area contributed by atoms with Gasteiger partial charge in [-0.15, -0.1) is 0 Å². The van der Waals surface area contributed by atoms with Crippen molar-refractivity contribution in [2.75, 3.05) is 14.2 Å². The lowest BCUT2D eigenvalue weighted by atomic mass is 9.92. The van der Waals surface area contributed by atoms with Crippen LogP contribution in [-0.4, -0.2) is 25.9 Å². The van der Waals surface area contributed by atoms with Gasteiger partial charge in [0.2, 0.25) is 5.91 Å². The highest BCUT2D eigenvalue weighted by Crippen LogP contribution is 2.45. The molecule has 1 unspecified atom stereocenters. The largest absolute Gasteiger partial charge is 0.492 e. The summed E-state index contributed by atoms with van der Waals surface area (Å²) in [7, 11) is 2.87. The number of hydrogen-bond donors (Lipinski definition) is 1. The van der Waals surface area contributed by atoms with E-state index >= 15 is 0 Å². The van der Waals surface area contributed by atoms with E-state index in [4.69, 9.17) is 9.47 Å². The Morgan fingerprint density at radius 1 is 1.06 bits per heavy atom. The molecule has 34 heavy (non-hydrogen) atoms. The predicted octanol–water partition coefficient (Wildman–Crippen LogP) is 4.97. The third-order valence-corrected chi connectivity index (χ3v) is 6.14. The summed E-state index contributed by atoms with van der Waals surface area (Å²) in [5, 5.41) is 2.96. The first-order valence-electron chi connectivity index (χ1n) is 11.0. The minimum atomic E-state index is -0.346. The van der Waals surface area contributed by atoms with E-state index in [1.165, 1.54) is 26.4 Å². The van der Waals surface area contributed by atoms with Gasteiger partial charge in [0.1, 0.15) is 5.82 Å². The zero-order chi connectivity index (χ0) is 24.2. The van der Waals surface area contributed by atoms with Crippen LogP contribution in [0.3, 0.4) is 0 Å². The third-order valence-electron chi connectivity index (χ3n) is 6.14. The molecule has 0 radical (unpaired) electrons. The minimum Gasteiger partial charge on any atom is -0.492 e. The Balaban J connectivity index is 1.64. The molecule has 0 bridgehead atoms. The van der Waals surface area contributed by atoms with E-state index in [0.717, 1.165) is 27.8 Å². The van der Waals surface area contributed by atoms with Gasteiger partial charge in [-0.2, -0.15) is 0 Å². The molecule has 0 saturated carbocycles. The number of nitrogens with one attached hydrogen (secondary N) is 1. The number of hydrogen-bond acceptors (Lipinski definition) is 4. The summed E-state index contributed by atoms with van der Waals surface area (Å²) in [5.41, 5.74) is 5.21. The molecule has 2 aromatic carbocycles. The molecule has 1 N–H and O–H groups in total. The van der Waals surface area contributed by atoms with E-state index in [1.54, 1.807) is 18.2 Å². The van der Waals surface area contributed by atoms with E-state index < -0.39 is 0 Å². The van der Waals surface area contributed by atoms with Gasteiger partial charge in [0.15, 0.2) is 11.5 Å². The number of amides is 1. The molecule has 1 atom stereocenters. The Morgan fingerprint density at radius 2 is 1.74 bits per heavy atom. The Labute approximate surface area is 198 Å². The molecule has 5 nitrogen and oxygen atoms in total. The summed E-state index contributed by atoms with van der Waals surface area (Å²) in [5.74, 6) is -0.675. The van der Waals surface area contributed by atoms with Crippen LogP contribution in [0.4, 0.5) is 4.39 Å². The summed E-state index contributed by atoms with van der Waals surface area (Å²) in [6, 6.07) is 14.3. The average molecular weight is 460 g/mol. The fraction of sp³-hybridized carbons (Fsp3) is 0.214. The zero-order valence-corrected chi connectivity index (χ0v) is 19.4. The number of carbonyl (C=O) groups is 2. The summed E-state index contributed by atoms with van der Waals surface area (Å²) in [6.07, 6.45) is 5.42. The fourth-order valence-electron chi connectivity index (χ4n) is 4.36. The molecule has 0 aliphatic heterocycles. The maximum atomic E-state index is 14.2. The molecular formula is C28H26FNO4. The molecule has 1 amide bonds. The van der Waals surface area contributed by atoms with Crippen molar-refractivity contribution in [1.82, 2.24) is 5.32 Å². The van der Waals surface area contributed by atoms with Crippen molar-refractivity contribution in [1.29, 1.82) is 0 Å². The van der Waals surface area contributed by atoms with Gasteiger partial charge in [-0.3, -0.25) is 9.59 Å². The van der Waals surface area contributed by atoms with Gasteiger partial charge in [-0.1, -0.05) is 42.0 Å². The lowest BCUT2D eigenvalue weighted by Crippen LogP contribution is -2.24. The zero-order valence-electron chi connectivity index (χ0n) is 19.4. The third kappa shape index (κ3) is 4.71. The van der Waals surface area contributed by atoms with Gasteiger partial charge in [0, 0.05) is 18.9 Å². The molecule has 2 aliphatic rings.